The van der Waals surface area contributed by atoms with Crippen LogP contribution < -0.4 is 11.1 Å². The lowest BCUT2D eigenvalue weighted by Gasteiger charge is -2.19. The molecule has 0 spiro atoms. The van der Waals surface area contributed by atoms with Crippen LogP contribution in [0, 0.1) is 23.0 Å². The molecule has 0 bridgehead atoms. The van der Waals surface area contributed by atoms with Gasteiger partial charge < -0.3 is 15.8 Å². The van der Waals surface area contributed by atoms with Crippen LogP contribution in [0.5, 0.6) is 0 Å². The number of methoxy groups -OCH3 is 1. The van der Waals surface area contributed by atoms with E-state index in [1.165, 1.54) is 14.0 Å². The van der Waals surface area contributed by atoms with Gasteiger partial charge in [-0.05, 0) is 19.3 Å². The predicted molar refractivity (Wildman–Crippen MR) is 76.7 cm³/mol. The number of hydrogen-bond donors (Lipinski definition) is 2. The second kappa shape index (κ2) is 6.82. The quantitative estimate of drug-likeness (QED) is 0.455. The molecule has 9 nitrogen and oxygen atoms in total. The summed E-state index contributed by atoms with van der Waals surface area (Å²) in [6, 6.07) is -0.748. The molecule has 1 unspecified atom stereocenters. The van der Waals surface area contributed by atoms with Crippen molar-refractivity contribution in [3.63, 3.8) is 0 Å². The number of nitrogen functional groups attached to an aromatic ring is 1. The number of esters is 1. The highest BCUT2D eigenvalue weighted by atomic mass is 16.6. The Bertz CT molecular complexity index is 547. The first-order valence-electron chi connectivity index (χ1n) is 6.39. The standard InChI is InChI=1S/C12H19N5O4/c1-6(2)5-8(11(18)21-4)15-10-9(17(19)20)7(3)14-12(13)16-10/h6,8H,5H2,1-4H3,(H3,13,14,15,16). The number of nitro groups is 1. The van der Waals surface area contributed by atoms with Gasteiger partial charge in [-0.2, -0.15) is 4.98 Å². The lowest BCUT2D eigenvalue weighted by molar-refractivity contribution is -0.385. The van der Waals surface area contributed by atoms with Gasteiger partial charge in [-0.1, -0.05) is 13.8 Å². The Hall–Kier alpha value is -2.45. The van der Waals surface area contributed by atoms with Gasteiger partial charge in [-0.25, -0.2) is 9.78 Å². The fourth-order valence-corrected chi connectivity index (χ4v) is 1.90. The Morgan fingerprint density at radius 1 is 1.48 bits per heavy atom. The van der Waals surface area contributed by atoms with Crippen LogP contribution in [-0.4, -0.2) is 34.0 Å². The number of aryl methyl sites for hydroxylation is 1. The van der Waals surface area contributed by atoms with Crippen LogP contribution in [0.15, 0.2) is 0 Å². The van der Waals surface area contributed by atoms with Crippen molar-refractivity contribution < 1.29 is 14.5 Å². The molecule has 1 aromatic rings. The number of nitrogens with one attached hydrogen (secondary N) is 1. The van der Waals surface area contributed by atoms with Crippen molar-refractivity contribution in [3.8, 4) is 0 Å². The predicted octanol–water partition coefficient (Wildman–Crippen LogP) is 1.28. The number of carbonyl (C=O) groups excluding carboxylic acids is 1. The average molecular weight is 297 g/mol. The van der Waals surface area contributed by atoms with Gasteiger partial charge in [-0.15, -0.1) is 0 Å². The zero-order valence-corrected chi connectivity index (χ0v) is 12.4. The summed E-state index contributed by atoms with van der Waals surface area (Å²) in [5.74, 6) is -0.524. The summed E-state index contributed by atoms with van der Waals surface area (Å²) in [6.07, 6.45) is 0.437. The molecule has 9 heteroatoms. The van der Waals surface area contributed by atoms with Gasteiger partial charge in [0.25, 0.3) is 0 Å². The molecule has 1 rings (SSSR count). The monoisotopic (exact) mass is 297 g/mol. The molecule has 0 aliphatic heterocycles. The molecule has 1 aromatic heterocycles. The summed E-state index contributed by atoms with van der Waals surface area (Å²) in [5, 5.41) is 13.9. The Morgan fingerprint density at radius 3 is 2.57 bits per heavy atom. The van der Waals surface area contributed by atoms with E-state index in [0.29, 0.717) is 6.42 Å². The van der Waals surface area contributed by atoms with Gasteiger partial charge in [0.2, 0.25) is 11.8 Å². The van der Waals surface area contributed by atoms with Crippen LogP contribution >= 0.6 is 0 Å². The highest BCUT2D eigenvalue weighted by molar-refractivity contribution is 5.80. The van der Waals surface area contributed by atoms with Crippen molar-refractivity contribution >= 4 is 23.4 Å². The molecule has 0 aromatic carbocycles. The largest absolute Gasteiger partial charge is 0.467 e. The van der Waals surface area contributed by atoms with Crippen molar-refractivity contribution in [2.45, 2.75) is 33.2 Å². The zero-order chi connectivity index (χ0) is 16.2. The average Bonchev–Trinajstić information content (AvgIpc) is 2.35. The number of anilines is 2. The first kappa shape index (κ1) is 16.6. The highest BCUT2D eigenvalue weighted by Gasteiger charge is 2.27. The number of rotatable bonds is 6. The van der Waals surface area contributed by atoms with Crippen molar-refractivity contribution in [3.05, 3.63) is 15.8 Å². The lowest BCUT2D eigenvalue weighted by Crippen LogP contribution is -2.33. The van der Waals surface area contributed by atoms with Crippen LogP contribution in [0.1, 0.15) is 26.0 Å². The van der Waals surface area contributed by atoms with E-state index in [-0.39, 0.29) is 29.1 Å². The molecule has 116 valence electrons. The summed E-state index contributed by atoms with van der Waals surface area (Å²) < 4.78 is 4.70. The van der Waals surface area contributed by atoms with Gasteiger partial charge >= 0.3 is 11.7 Å². The number of ether oxygens (including phenoxy) is 1. The third kappa shape index (κ3) is 4.26. The summed E-state index contributed by atoms with van der Waals surface area (Å²) in [6.45, 7) is 5.30. The van der Waals surface area contributed by atoms with Gasteiger partial charge in [0.1, 0.15) is 11.7 Å². The molecule has 1 atom stereocenters. The summed E-state index contributed by atoms with van der Waals surface area (Å²) in [7, 11) is 1.26. The van der Waals surface area contributed by atoms with Crippen LogP contribution in [-0.2, 0) is 9.53 Å². The fraction of sp³-hybridized carbons (Fsp3) is 0.583. The Morgan fingerprint density at radius 2 is 2.10 bits per heavy atom. The van der Waals surface area contributed by atoms with E-state index >= 15 is 0 Å². The third-order valence-electron chi connectivity index (χ3n) is 2.76. The number of hydrogen-bond acceptors (Lipinski definition) is 8. The zero-order valence-electron chi connectivity index (χ0n) is 12.4. The van der Waals surface area contributed by atoms with E-state index < -0.39 is 16.9 Å². The fourth-order valence-electron chi connectivity index (χ4n) is 1.90. The van der Waals surface area contributed by atoms with E-state index in [1.54, 1.807) is 0 Å². The molecular weight excluding hydrogens is 278 g/mol. The van der Waals surface area contributed by atoms with Crippen molar-refractivity contribution in [2.24, 2.45) is 5.92 Å². The molecule has 3 N–H and O–H groups in total. The number of nitrogens with two attached hydrogens (primary N) is 1. The minimum atomic E-state index is -0.748. The summed E-state index contributed by atoms with van der Waals surface area (Å²) >= 11 is 0. The Kier molecular flexibility index (Phi) is 5.39. The van der Waals surface area contributed by atoms with E-state index in [4.69, 9.17) is 10.5 Å². The molecule has 1 heterocycles. The molecule has 0 saturated carbocycles. The molecule has 0 aliphatic rings. The smallest absolute Gasteiger partial charge is 0.332 e. The maximum absolute atomic E-state index is 11.8. The van der Waals surface area contributed by atoms with Crippen molar-refractivity contribution in [1.82, 2.24) is 9.97 Å². The van der Waals surface area contributed by atoms with E-state index in [2.05, 4.69) is 15.3 Å². The SMILES string of the molecule is COC(=O)C(CC(C)C)Nc1nc(N)nc(C)c1[N+](=O)[O-]. The van der Waals surface area contributed by atoms with Crippen LogP contribution in [0.4, 0.5) is 17.5 Å². The normalized spacial score (nSPS) is 12.0. The topological polar surface area (TPSA) is 133 Å². The number of aromatic nitrogens is 2. The second-order valence-electron chi connectivity index (χ2n) is 4.97. The third-order valence-corrected chi connectivity index (χ3v) is 2.76. The molecule has 0 amide bonds. The van der Waals surface area contributed by atoms with Crippen molar-refractivity contribution in [1.29, 1.82) is 0 Å². The second-order valence-corrected chi connectivity index (χ2v) is 4.97. The maximum atomic E-state index is 11.8. The van der Waals surface area contributed by atoms with E-state index in [0.717, 1.165) is 0 Å². The van der Waals surface area contributed by atoms with E-state index in [1.807, 2.05) is 13.8 Å². The lowest BCUT2D eigenvalue weighted by atomic mass is 10.0. The first-order valence-corrected chi connectivity index (χ1v) is 6.39. The van der Waals surface area contributed by atoms with Crippen molar-refractivity contribution in [2.75, 3.05) is 18.2 Å². The molecule has 0 saturated heterocycles. The number of carbonyl (C=O) groups is 1. The van der Waals surface area contributed by atoms with Gasteiger partial charge in [0.15, 0.2) is 0 Å². The van der Waals surface area contributed by atoms with Gasteiger partial charge in [0, 0.05) is 0 Å². The maximum Gasteiger partial charge on any atom is 0.332 e. The highest BCUT2D eigenvalue weighted by Crippen LogP contribution is 2.27. The van der Waals surface area contributed by atoms with Gasteiger partial charge in [0.05, 0.1) is 12.0 Å². The number of nitrogens with zero attached hydrogens (tertiary/aromatic N) is 3. The minimum Gasteiger partial charge on any atom is -0.467 e. The minimum absolute atomic E-state index is 0.0824. The van der Waals surface area contributed by atoms with Crippen LogP contribution in [0.25, 0.3) is 0 Å². The Balaban J connectivity index is 3.19. The molecule has 0 fully saturated rings. The summed E-state index contributed by atoms with van der Waals surface area (Å²) in [5.41, 5.74) is 5.34. The van der Waals surface area contributed by atoms with Crippen LogP contribution in [0.2, 0.25) is 0 Å². The first-order chi connectivity index (χ1) is 9.76. The van der Waals surface area contributed by atoms with Gasteiger partial charge in [-0.3, -0.25) is 10.1 Å². The molecular formula is C12H19N5O4. The van der Waals surface area contributed by atoms with Crippen LogP contribution in [0.3, 0.4) is 0 Å². The molecule has 21 heavy (non-hydrogen) atoms. The molecule has 0 aliphatic carbocycles. The Labute approximate surface area is 122 Å². The summed E-state index contributed by atoms with van der Waals surface area (Å²) in [4.78, 5) is 29.9. The van der Waals surface area contributed by atoms with E-state index in [9.17, 15) is 14.9 Å². The molecule has 0 radical (unpaired) electrons.